The van der Waals surface area contributed by atoms with Gasteiger partial charge in [-0.2, -0.15) is 0 Å². The van der Waals surface area contributed by atoms with E-state index in [0.717, 1.165) is 40.2 Å². The molecule has 0 saturated heterocycles. The Bertz CT molecular complexity index is 1330. The van der Waals surface area contributed by atoms with Crippen molar-refractivity contribution >= 4 is 40.3 Å². The highest BCUT2D eigenvalue weighted by Crippen LogP contribution is 2.38. The number of aromatic nitrogens is 3. The van der Waals surface area contributed by atoms with Crippen molar-refractivity contribution in [3.8, 4) is 5.75 Å². The molecule has 0 fully saturated rings. The quantitative estimate of drug-likeness (QED) is 0.282. The highest BCUT2D eigenvalue weighted by atomic mass is 35.5. The Morgan fingerprint density at radius 1 is 1.06 bits per heavy atom. The van der Waals surface area contributed by atoms with E-state index < -0.39 is 12.1 Å². The Hall–Kier alpha value is -3.09. The predicted octanol–water partition coefficient (Wildman–Crippen LogP) is 6.26. The van der Waals surface area contributed by atoms with E-state index in [1.54, 1.807) is 24.3 Å². The van der Waals surface area contributed by atoms with E-state index in [1.807, 2.05) is 38.1 Å². The molecule has 0 radical (unpaired) electrons. The maximum Gasteiger partial charge on any atom is 0.351 e. The van der Waals surface area contributed by atoms with Crippen LogP contribution >= 0.6 is 23.2 Å². The number of hydrogen-bond donors (Lipinski definition) is 0. The Labute approximate surface area is 208 Å². The molecule has 1 atom stereocenters. The summed E-state index contributed by atoms with van der Waals surface area (Å²) in [7, 11) is 1.31. The Morgan fingerprint density at radius 3 is 2.35 bits per heavy atom. The number of carbonyl (C=O) groups is 1. The zero-order chi connectivity index (χ0) is 24.4. The number of hydrogen-bond acceptors (Lipinski definition) is 5. The maximum absolute atomic E-state index is 12.4. The summed E-state index contributed by atoms with van der Waals surface area (Å²) < 4.78 is 13.0. The molecule has 2 aromatic carbocycles. The zero-order valence-corrected chi connectivity index (χ0v) is 20.9. The number of nitrogens with zero attached hydrogens (tertiary/aromatic N) is 3. The SMILES string of the molecule is CCc1nc2c(C)cc(C)nc2n1Cc1cc(Cl)c(OC(C(=O)OC)c2ccccc2)c(Cl)c1. The third-order valence-corrected chi connectivity index (χ3v) is 6.13. The molecule has 176 valence electrons. The van der Waals surface area contributed by atoms with E-state index in [4.69, 9.17) is 42.6 Å². The van der Waals surface area contributed by atoms with Crippen molar-refractivity contribution in [2.75, 3.05) is 7.11 Å². The largest absolute Gasteiger partial charge is 0.471 e. The molecule has 0 aliphatic carbocycles. The molecule has 0 spiro atoms. The molecular weight excluding hydrogens is 473 g/mol. The standard InChI is InChI=1S/C26H25Cl2N3O3/c1-5-21-30-22-15(2)11-16(3)29-25(22)31(21)14-17-12-19(27)24(20(28)13-17)34-23(26(32)33-4)18-9-7-6-8-10-18/h6-13,23H,5,14H2,1-4H3. The highest BCUT2D eigenvalue weighted by Gasteiger charge is 2.26. The van der Waals surface area contributed by atoms with Gasteiger partial charge < -0.3 is 14.0 Å². The second-order valence-corrected chi connectivity index (χ2v) is 8.86. The lowest BCUT2D eigenvalue weighted by atomic mass is 10.1. The second-order valence-electron chi connectivity index (χ2n) is 8.04. The molecule has 2 aromatic heterocycles. The molecule has 4 aromatic rings. The lowest BCUT2D eigenvalue weighted by Crippen LogP contribution is -2.20. The number of rotatable bonds is 7. The molecule has 0 aliphatic heterocycles. The summed E-state index contributed by atoms with van der Waals surface area (Å²) in [6.07, 6.45) is -0.235. The van der Waals surface area contributed by atoms with Gasteiger partial charge in [-0.15, -0.1) is 0 Å². The summed E-state index contributed by atoms with van der Waals surface area (Å²) in [5.74, 6) is 0.609. The first kappa shape index (κ1) is 24.0. The van der Waals surface area contributed by atoms with Crippen LogP contribution in [-0.2, 0) is 22.5 Å². The van der Waals surface area contributed by atoms with Crippen molar-refractivity contribution in [2.45, 2.75) is 39.8 Å². The van der Waals surface area contributed by atoms with Gasteiger partial charge in [0.05, 0.1) is 23.7 Å². The first-order valence-corrected chi connectivity index (χ1v) is 11.7. The zero-order valence-electron chi connectivity index (χ0n) is 19.4. The average Bonchev–Trinajstić information content (AvgIpc) is 3.16. The summed E-state index contributed by atoms with van der Waals surface area (Å²) in [5, 5.41) is 0.602. The number of benzene rings is 2. The average molecular weight is 498 g/mol. The first-order valence-electron chi connectivity index (χ1n) is 10.9. The second kappa shape index (κ2) is 10.0. The van der Waals surface area contributed by atoms with Crippen LogP contribution in [0.3, 0.4) is 0 Å². The Morgan fingerprint density at radius 2 is 1.74 bits per heavy atom. The van der Waals surface area contributed by atoms with Crippen molar-refractivity contribution in [3.05, 3.63) is 86.8 Å². The lowest BCUT2D eigenvalue weighted by molar-refractivity contribution is -0.149. The molecule has 0 bridgehead atoms. The molecule has 1 unspecified atom stereocenters. The van der Waals surface area contributed by atoms with Crippen LogP contribution in [0.5, 0.6) is 5.75 Å². The third kappa shape index (κ3) is 4.74. The minimum absolute atomic E-state index is 0.224. The normalized spacial score (nSPS) is 12.1. The number of halogens is 2. The molecular formula is C26H25Cl2N3O3. The van der Waals surface area contributed by atoms with Gasteiger partial charge in [-0.05, 0) is 43.2 Å². The van der Waals surface area contributed by atoms with E-state index in [1.165, 1.54) is 7.11 Å². The van der Waals surface area contributed by atoms with Crippen LogP contribution in [0.15, 0.2) is 48.5 Å². The van der Waals surface area contributed by atoms with Gasteiger partial charge in [0.2, 0.25) is 6.10 Å². The van der Waals surface area contributed by atoms with E-state index in [2.05, 4.69) is 11.5 Å². The fourth-order valence-corrected chi connectivity index (χ4v) is 4.61. The Balaban J connectivity index is 1.69. The van der Waals surface area contributed by atoms with Crippen molar-refractivity contribution in [2.24, 2.45) is 0 Å². The van der Waals surface area contributed by atoms with Gasteiger partial charge >= 0.3 is 5.97 Å². The van der Waals surface area contributed by atoms with Crippen molar-refractivity contribution in [1.82, 2.24) is 14.5 Å². The van der Waals surface area contributed by atoms with Gasteiger partial charge in [0.25, 0.3) is 0 Å². The summed E-state index contributed by atoms with van der Waals surface area (Å²) in [4.78, 5) is 21.9. The first-order chi connectivity index (χ1) is 16.3. The van der Waals surface area contributed by atoms with Gasteiger partial charge in [0.15, 0.2) is 11.4 Å². The van der Waals surface area contributed by atoms with Crippen LogP contribution in [0, 0.1) is 13.8 Å². The number of imidazole rings is 1. The van der Waals surface area contributed by atoms with E-state index in [-0.39, 0.29) is 5.75 Å². The molecule has 0 saturated carbocycles. The molecule has 8 heteroatoms. The number of methoxy groups -OCH3 is 1. The van der Waals surface area contributed by atoms with Crippen LogP contribution in [0.25, 0.3) is 11.2 Å². The fraction of sp³-hybridized carbons (Fsp3) is 0.269. The predicted molar refractivity (Wildman–Crippen MR) is 134 cm³/mol. The van der Waals surface area contributed by atoms with Gasteiger partial charge in [-0.1, -0.05) is 60.5 Å². The van der Waals surface area contributed by atoms with E-state index >= 15 is 0 Å². The molecule has 34 heavy (non-hydrogen) atoms. The van der Waals surface area contributed by atoms with E-state index in [0.29, 0.717) is 22.2 Å². The van der Waals surface area contributed by atoms with Crippen LogP contribution in [0.2, 0.25) is 10.0 Å². The number of ether oxygens (including phenoxy) is 2. The van der Waals surface area contributed by atoms with Crippen LogP contribution in [0.4, 0.5) is 0 Å². The number of aryl methyl sites for hydroxylation is 3. The lowest BCUT2D eigenvalue weighted by Gasteiger charge is -2.20. The van der Waals surface area contributed by atoms with Crippen LogP contribution < -0.4 is 4.74 Å². The summed E-state index contributed by atoms with van der Waals surface area (Å²) in [6, 6.07) is 14.7. The monoisotopic (exact) mass is 497 g/mol. The molecule has 6 nitrogen and oxygen atoms in total. The van der Waals surface area contributed by atoms with Crippen molar-refractivity contribution in [3.63, 3.8) is 0 Å². The van der Waals surface area contributed by atoms with Crippen molar-refractivity contribution < 1.29 is 14.3 Å². The molecule has 4 rings (SSSR count). The van der Waals surface area contributed by atoms with Crippen molar-refractivity contribution in [1.29, 1.82) is 0 Å². The maximum atomic E-state index is 12.4. The minimum atomic E-state index is -0.994. The van der Waals surface area contributed by atoms with Gasteiger partial charge in [-0.3, -0.25) is 0 Å². The smallest absolute Gasteiger partial charge is 0.351 e. The van der Waals surface area contributed by atoms with Crippen LogP contribution in [-0.4, -0.2) is 27.6 Å². The third-order valence-electron chi connectivity index (χ3n) is 5.57. The van der Waals surface area contributed by atoms with Gasteiger partial charge in [0.1, 0.15) is 11.3 Å². The summed E-state index contributed by atoms with van der Waals surface area (Å²) in [5.41, 5.74) is 5.25. The van der Waals surface area contributed by atoms with Gasteiger partial charge in [0, 0.05) is 17.7 Å². The number of esters is 1. The van der Waals surface area contributed by atoms with Gasteiger partial charge in [-0.25, -0.2) is 14.8 Å². The Kier molecular flexibility index (Phi) is 7.10. The summed E-state index contributed by atoms with van der Waals surface area (Å²) >= 11 is 13.2. The molecule has 0 N–H and O–H groups in total. The minimum Gasteiger partial charge on any atom is -0.471 e. The molecule has 0 aliphatic rings. The van der Waals surface area contributed by atoms with E-state index in [9.17, 15) is 4.79 Å². The topological polar surface area (TPSA) is 66.2 Å². The number of carbonyl (C=O) groups excluding carboxylic acids is 1. The van der Waals surface area contributed by atoms with Crippen LogP contribution in [0.1, 0.15) is 41.2 Å². The highest BCUT2D eigenvalue weighted by molar-refractivity contribution is 6.37. The molecule has 0 amide bonds. The molecule has 2 heterocycles. The summed E-state index contributed by atoms with van der Waals surface area (Å²) in [6.45, 7) is 6.57. The number of pyridine rings is 1. The fourth-order valence-electron chi connectivity index (χ4n) is 3.99. The number of fused-ring (bicyclic) bond motifs is 1.